The summed E-state index contributed by atoms with van der Waals surface area (Å²) < 4.78 is 62.9. The molecule has 3 nitrogen and oxygen atoms in total. The van der Waals surface area contributed by atoms with Crippen LogP contribution in [-0.2, 0) is 10.9 Å². The Labute approximate surface area is 147 Å². The van der Waals surface area contributed by atoms with E-state index < -0.39 is 23.5 Å². The highest BCUT2D eigenvalue weighted by molar-refractivity contribution is 5.98. The molecule has 2 aromatic carbocycles. The summed E-state index contributed by atoms with van der Waals surface area (Å²) in [4.78, 5) is 12.1. The molecule has 0 aliphatic heterocycles. The average Bonchev–Trinajstić information content (AvgIpc) is 2.59. The SMILES string of the molecule is C=C(C)c1cc(-c2ccc(C(F)(F)F)cc2C(=O)OC)c(OC)cc1F. The number of allylic oxidation sites excluding steroid dienone is 1. The minimum Gasteiger partial charge on any atom is -0.496 e. The van der Waals surface area contributed by atoms with Crippen LogP contribution in [0.15, 0.2) is 36.9 Å². The van der Waals surface area contributed by atoms with Crippen molar-refractivity contribution in [3.63, 3.8) is 0 Å². The second kappa shape index (κ2) is 7.19. The Bertz CT molecular complexity index is 870. The van der Waals surface area contributed by atoms with Crippen molar-refractivity contribution in [2.24, 2.45) is 0 Å². The van der Waals surface area contributed by atoms with Crippen LogP contribution in [0.5, 0.6) is 5.75 Å². The number of halogens is 4. The number of esters is 1. The summed E-state index contributed by atoms with van der Waals surface area (Å²) in [5.41, 5.74) is -0.345. The Balaban J connectivity index is 2.81. The number of methoxy groups -OCH3 is 2. The molecule has 138 valence electrons. The highest BCUT2D eigenvalue weighted by Gasteiger charge is 2.32. The number of hydrogen-bond donors (Lipinski definition) is 0. The van der Waals surface area contributed by atoms with Crippen molar-refractivity contribution in [2.45, 2.75) is 13.1 Å². The first-order chi connectivity index (χ1) is 12.1. The minimum absolute atomic E-state index is 0.0670. The molecular formula is C19H16F4O3. The van der Waals surface area contributed by atoms with E-state index in [1.165, 1.54) is 13.2 Å². The fourth-order valence-corrected chi connectivity index (χ4v) is 2.50. The Hall–Kier alpha value is -2.83. The third-order valence-corrected chi connectivity index (χ3v) is 3.79. The van der Waals surface area contributed by atoms with Gasteiger partial charge in [0.1, 0.15) is 11.6 Å². The van der Waals surface area contributed by atoms with Gasteiger partial charge in [-0.2, -0.15) is 13.2 Å². The van der Waals surface area contributed by atoms with Gasteiger partial charge in [0.15, 0.2) is 0 Å². The van der Waals surface area contributed by atoms with Gasteiger partial charge in [-0.25, -0.2) is 9.18 Å². The summed E-state index contributed by atoms with van der Waals surface area (Å²) in [5, 5.41) is 0. The first kappa shape index (κ1) is 19.5. The summed E-state index contributed by atoms with van der Waals surface area (Å²) in [5.74, 6) is -1.48. The normalized spacial score (nSPS) is 11.2. The van der Waals surface area contributed by atoms with Crippen molar-refractivity contribution in [3.05, 3.63) is 59.4 Å². The highest BCUT2D eigenvalue weighted by Crippen LogP contribution is 2.39. The largest absolute Gasteiger partial charge is 0.496 e. The topological polar surface area (TPSA) is 35.5 Å². The van der Waals surface area contributed by atoms with Crippen LogP contribution in [0.3, 0.4) is 0 Å². The molecular weight excluding hydrogens is 352 g/mol. The molecule has 0 spiro atoms. The zero-order valence-electron chi connectivity index (χ0n) is 14.3. The lowest BCUT2D eigenvalue weighted by Gasteiger charge is -2.16. The van der Waals surface area contributed by atoms with Crippen molar-refractivity contribution in [3.8, 4) is 16.9 Å². The van der Waals surface area contributed by atoms with Crippen LogP contribution < -0.4 is 4.74 Å². The molecule has 2 rings (SSSR count). The molecule has 0 radical (unpaired) electrons. The molecule has 2 aromatic rings. The maximum Gasteiger partial charge on any atom is 0.416 e. The summed E-state index contributed by atoms with van der Waals surface area (Å²) in [7, 11) is 2.36. The highest BCUT2D eigenvalue weighted by atomic mass is 19.4. The molecule has 0 aliphatic rings. The van der Waals surface area contributed by atoms with Crippen LogP contribution >= 0.6 is 0 Å². The van der Waals surface area contributed by atoms with Gasteiger partial charge < -0.3 is 9.47 Å². The van der Waals surface area contributed by atoms with Crippen LogP contribution in [0.1, 0.15) is 28.4 Å². The predicted octanol–water partition coefficient (Wildman–Crippen LogP) is 5.34. The van der Waals surface area contributed by atoms with E-state index in [9.17, 15) is 22.4 Å². The van der Waals surface area contributed by atoms with Crippen molar-refractivity contribution >= 4 is 11.5 Å². The number of carbonyl (C=O) groups is 1. The van der Waals surface area contributed by atoms with Crippen molar-refractivity contribution in [2.75, 3.05) is 14.2 Å². The molecule has 0 amide bonds. The van der Waals surface area contributed by atoms with E-state index >= 15 is 0 Å². The molecule has 26 heavy (non-hydrogen) atoms. The van der Waals surface area contributed by atoms with Gasteiger partial charge in [0.25, 0.3) is 0 Å². The number of benzene rings is 2. The number of carbonyl (C=O) groups excluding carboxylic acids is 1. The quantitative estimate of drug-likeness (QED) is 0.540. The van der Waals surface area contributed by atoms with E-state index in [1.807, 2.05) is 0 Å². The Morgan fingerprint density at radius 1 is 1.04 bits per heavy atom. The Kier molecular flexibility index (Phi) is 5.39. The smallest absolute Gasteiger partial charge is 0.416 e. The van der Waals surface area contributed by atoms with Crippen molar-refractivity contribution in [1.82, 2.24) is 0 Å². The van der Waals surface area contributed by atoms with Gasteiger partial charge in [-0.1, -0.05) is 12.6 Å². The lowest BCUT2D eigenvalue weighted by Crippen LogP contribution is -2.10. The van der Waals surface area contributed by atoms with Crippen LogP contribution in [-0.4, -0.2) is 20.2 Å². The van der Waals surface area contributed by atoms with Crippen LogP contribution in [0.25, 0.3) is 16.7 Å². The molecule has 0 fully saturated rings. The maximum atomic E-state index is 14.1. The fraction of sp³-hybridized carbons (Fsp3) is 0.211. The monoisotopic (exact) mass is 368 g/mol. The molecule has 0 aliphatic carbocycles. The van der Waals surface area contributed by atoms with Crippen LogP contribution in [0.2, 0.25) is 0 Å². The van der Waals surface area contributed by atoms with Crippen molar-refractivity contribution < 1.29 is 31.8 Å². The molecule has 7 heteroatoms. The van der Waals surface area contributed by atoms with Crippen LogP contribution in [0, 0.1) is 5.82 Å². The summed E-state index contributed by atoms with van der Waals surface area (Å²) >= 11 is 0. The first-order valence-corrected chi connectivity index (χ1v) is 7.43. The van der Waals surface area contributed by atoms with E-state index in [4.69, 9.17) is 4.74 Å². The zero-order chi connectivity index (χ0) is 19.6. The van der Waals surface area contributed by atoms with E-state index in [1.54, 1.807) is 6.92 Å². The van der Waals surface area contributed by atoms with Gasteiger partial charge in [-0.15, -0.1) is 0 Å². The lowest BCUT2D eigenvalue weighted by atomic mass is 9.93. The number of ether oxygens (including phenoxy) is 2. The second-order valence-corrected chi connectivity index (χ2v) is 5.56. The summed E-state index contributed by atoms with van der Waals surface area (Å²) in [6, 6.07) is 5.14. The van der Waals surface area contributed by atoms with E-state index in [2.05, 4.69) is 11.3 Å². The number of rotatable bonds is 4. The van der Waals surface area contributed by atoms with E-state index in [0.717, 1.165) is 25.3 Å². The molecule has 0 saturated carbocycles. The number of hydrogen-bond acceptors (Lipinski definition) is 3. The van der Waals surface area contributed by atoms with Crippen molar-refractivity contribution in [1.29, 1.82) is 0 Å². The van der Waals surface area contributed by atoms with Crippen LogP contribution in [0.4, 0.5) is 17.6 Å². The van der Waals surface area contributed by atoms with E-state index in [0.29, 0.717) is 11.6 Å². The first-order valence-electron chi connectivity index (χ1n) is 7.43. The standard InChI is InChI=1S/C19H16F4O3/c1-10(2)13-8-14(17(25-3)9-16(13)20)12-6-5-11(19(21,22)23)7-15(12)18(24)26-4/h5-9H,1H2,2-4H3. The van der Waals surface area contributed by atoms with E-state index in [-0.39, 0.29) is 28.0 Å². The maximum absolute atomic E-state index is 14.1. The second-order valence-electron chi connectivity index (χ2n) is 5.56. The summed E-state index contributed by atoms with van der Waals surface area (Å²) in [6.07, 6.45) is -4.63. The third-order valence-electron chi connectivity index (χ3n) is 3.79. The third kappa shape index (κ3) is 3.71. The molecule has 0 bridgehead atoms. The van der Waals surface area contributed by atoms with Gasteiger partial charge >= 0.3 is 12.1 Å². The van der Waals surface area contributed by atoms with Gasteiger partial charge in [-0.3, -0.25) is 0 Å². The predicted molar refractivity (Wildman–Crippen MR) is 89.4 cm³/mol. The Morgan fingerprint density at radius 3 is 2.19 bits per heavy atom. The Morgan fingerprint density at radius 2 is 1.69 bits per heavy atom. The van der Waals surface area contributed by atoms with Gasteiger partial charge in [0.2, 0.25) is 0 Å². The molecule has 0 saturated heterocycles. The zero-order valence-corrected chi connectivity index (χ0v) is 14.3. The molecule has 0 aromatic heterocycles. The molecule has 0 N–H and O–H groups in total. The lowest BCUT2D eigenvalue weighted by molar-refractivity contribution is -0.137. The number of alkyl halides is 3. The summed E-state index contributed by atoms with van der Waals surface area (Å²) in [6.45, 7) is 5.26. The molecule has 0 atom stereocenters. The molecule has 0 heterocycles. The van der Waals surface area contributed by atoms with Gasteiger partial charge in [-0.05, 0) is 36.3 Å². The van der Waals surface area contributed by atoms with Gasteiger partial charge in [0, 0.05) is 17.2 Å². The average molecular weight is 368 g/mol. The minimum atomic E-state index is -4.63. The van der Waals surface area contributed by atoms with Gasteiger partial charge in [0.05, 0.1) is 25.3 Å². The molecule has 0 unspecified atom stereocenters. The fourth-order valence-electron chi connectivity index (χ4n) is 2.50.